The van der Waals surface area contributed by atoms with Gasteiger partial charge in [0.2, 0.25) is 0 Å². The summed E-state index contributed by atoms with van der Waals surface area (Å²) >= 11 is 0. The van der Waals surface area contributed by atoms with Crippen LogP contribution in [0, 0.1) is 73.1 Å². The minimum atomic E-state index is -0.216. The summed E-state index contributed by atoms with van der Waals surface area (Å²) in [5, 5.41) is 16.2. The van der Waals surface area contributed by atoms with Crippen molar-refractivity contribution in [3.05, 3.63) is 36.4 Å². The zero-order valence-corrected chi connectivity index (χ0v) is 34.5. The lowest BCUT2D eigenvalue weighted by molar-refractivity contribution is -0.702. The third-order valence-electron chi connectivity index (χ3n) is 8.68. The predicted molar refractivity (Wildman–Crippen MR) is 207 cm³/mol. The zero-order chi connectivity index (χ0) is 36.5. The molecule has 2 heterocycles. The Bertz CT molecular complexity index is 1460. The summed E-state index contributed by atoms with van der Waals surface area (Å²) in [6.45, 7) is 17.1. The van der Waals surface area contributed by atoms with Gasteiger partial charge in [0, 0.05) is 20.4 Å². The molecule has 0 saturated heterocycles. The van der Waals surface area contributed by atoms with E-state index in [1.54, 1.807) is 13.8 Å². The predicted octanol–water partition coefficient (Wildman–Crippen LogP) is -0.506. The highest BCUT2D eigenvalue weighted by Gasteiger charge is 2.12. The Labute approximate surface area is 330 Å². The van der Waals surface area contributed by atoms with Gasteiger partial charge in [-0.15, -0.1) is 0 Å². The number of unbranched alkanes of at least 4 members (excludes halogenated alkanes) is 9. The Hall–Kier alpha value is -3.32. The van der Waals surface area contributed by atoms with E-state index in [1.165, 1.54) is 82.3 Å². The second-order valence-corrected chi connectivity index (χ2v) is 12.6. The first-order chi connectivity index (χ1) is 24.5. The number of nitrogens with zero attached hydrogens (tertiary/aromatic N) is 4. The lowest BCUT2D eigenvalue weighted by Gasteiger charge is -2.08. The van der Waals surface area contributed by atoms with Crippen molar-refractivity contribution in [3.63, 3.8) is 0 Å². The Morgan fingerprint density at radius 3 is 1.38 bits per heavy atom. The quantitative estimate of drug-likeness (QED) is 0.0771. The monoisotopic (exact) mass is 752 g/mol. The van der Waals surface area contributed by atoms with E-state index in [4.69, 9.17) is 0 Å². The SMILES string of the molecule is CC#CC#CC#CC#CC#CC.CCC(O)CNCCC[n+]1ccn(CCCCCCCCCCCCn2cc[n+](CCCNC)c2C)c1C.[Cl-].[Cl-]. The highest BCUT2D eigenvalue weighted by atomic mass is 35.5. The Morgan fingerprint density at radius 1 is 0.615 bits per heavy atom. The fourth-order valence-corrected chi connectivity index (χ4v) is 5.53. The number of aromatic nitrogens is 4. The average Bonchev–Trinajstić information content (AvgIpc) is 3.66. The van der Waals surface area contributed by atoms with E-state index >= 15 is 0 Å². The molecule has 0 saturated carbocycles. The van der Waals surface area contributed by atoms with Gasteiger partial charge in [0.05, 0.1) is 32.3 Å². The summed E-state index contributed by atoms with van der Waals surface area (Å²) in [5.74, 6) is 28.3. The van der Waals surface area contributed by atoms with Gasteiger partial charge in [0.1, 0.15) is 24.8 Å². The minimum Gasteiger partial charge on any atom is -1.00 e. The summed E-state index contributed by atoms with van der Waals surface area (Å²) in [7, 11) is 2.02. The van der Waals surface area contributed by atoms with Crippen LogP contribution in [-0.2, 0) is 26.2 Å². The zero-order valence-electron chi connectivity index (χ0n) is 33.0. The first-order valence-electron chi connectivity index (χ1n) is 19.0. The molecule has 9 heteroatoms. The second kappa shape index (κ2) is 36.1. The van der Waals surface area contributed by atoms with Crippen LogP contribution in [0.25, 0.3) is 0 Å². The van der Waals surface area contributed by atoms with E-state index in [0.29, 0.717) is 6.54 Å². The molecule has 0 bridgehead atoms. The van der Waals surface area contributed by atoms with Crippen molar-refractivity contribution in [2.24, 2.45) is 0 Å². The van der Waals surface area contributed by atoms with Gasteiger partial charge in [-0.25, -0.2) is 18.3 Å². The lowest BCUT2D eigenvalue weighted by atomic mass is 10.1. The van der Waals surface area contributed by atoms with Gasteiger partial charge in [-0.1, -0.05) is 57.3 Å². The molecule has 0 radical (unpaired) electrons. The summed E-state index contributed by atoms with van der Waals surface area (Å²) in [6.07, 6.45) is 25.4. The Kier molecular flexibility index (Phi) is 35.2. The van der Waals surface area contributed by atoms with Gasteiger partial charge >= 0.3 is 0 Å². The van der Waals surface area contributed by atoms with Gasteiger partial charge in [0.15, 0.2) is 0 Å². The van der Waals surface area contributed by atoms with Crippen molar-refractivity contribution in [1.82, 2.24) is 19.8 Å². The fourth-order valence-electron chi connectivity index (χ4n) is 5.53. The highest BCUT2D eigenvalue weighted by Crippen LogP contribution is 2.12. The number of aryl methyl sites for hydroxylation is 4. The number of halogens is 2. The maximum absolute atomic E-state index is 9.61. The number of nitrogens with one attached hydrogen (secondary N) is 2. The molecule has 0 aliphatic carbocycles. The van der Waals surface area contributed by atoms with E-state index in [0.717, 1.165) is 52.1 Å². The topological polar surface area (TPSA) is 61.9 Å². The molecule has 0 aliphatic heterocycles. The molecule has 1 unspecified atom stereocenters. The number of hydrogen-bond donors (Lipinski definition) is 3. The molecule has 3 N–H and O–H groups in total. The molecule has 0 spiro atoms. The van der Waals surface area contributed by atoms with Crippen LogP contribution in [0.3, 0.4) is 0 Å². The van der Waals surface area contributed by atoms with Crippen LogP contribution in [0.4, 0.5) is 0 Å². The van der Waals surface area contributed by atoms with E-state index in [-0.39, 0.29) is 30.9 Å². The standard InChI is InChI=1S/C31H60N6O.C12H6.2ClH/c1-5-31(38)28-33-19-17-23-37-27-25-35(30(37)3)21-15-13-11-9-7-6-8-10-12-14-20-34-24-26-36(29(34)2)22-16-18-32-4;1-3-5-7-9-11-12-10-8-6-4-2;;/h24-27,31-33,38H,5-23,28H2,1-4H3;1-2H3;2*1H/q+2;;;/p-2. The van der Waals surface area contributed by atoms with Crippen molar-refractivity contribution >= 4 is 0 Å². The second-order valence-electron chi connectivity index (χ2n) is 12.6. The normalized spacial score (nSPS) is 9.98. The molecule has 2 aromatic heterocycles. The maximum atomic E-state index is 9.61. The molecule has 7 nitrogen and oxygen atoms in total. The molecule has 0 aromatic carbocycles. The van der Waals surface area contributed by atoms with Crippen molar-refractivity contribution < 1.29 is 39.1 Å². The van der Waals surface area contributed by atoms with E-state index < -0.39 is 0 Å². The largest absolute Gasteiger partial charge is 1.00 e. The summed E-state index contributed by atoms with van der Waals surface area (Å²) in [6, 6.07) is 0. The van der Waals surface area contributed by atoms with Gasteiger partial charge in [-0.05, 0) is 126 Å². The lowest BCUT2D eigenvalue weighted by Crippen LogP contribution is -3.00. The van der Waals surface area contributed by atoms with Crippen LogP contribution in [0.2, 0.25) is 0 Å². The maximum Gasteiger partial charge on any atom is 0.253 e. The van der Waals surface area contributed by atoms with Crippen molar-refractivity contribution in [2.45, 2.75) is 150 Å². The van der Waals surface area contributed by atoms with Crippen molar-refractivity contribution in [1.29, 1.82) is 0 Å². The number of aliphatic hydroxyl groups is 1. The third kappa shape index (κ3) is 25.6. The summed E-state index contributed by atoms with van der Waals surface area (Å²) in [4.78, 5) is 0. The first-order valence-corrected chi connectivity index (χ1v) is 19.0. The van der Waals surface area contributed by atoms with Crippen molar-refractivity contribution in [2.75, 3.05) is 26.7 Å². The van der Waals surface area contributed by atoms with Crippen LogP contribution in [0.15, 0.2) is 24.8 Å². The third-order valence-corrected chi connectivity index (χ3v) is 8.68. The van der Waals surface area contributed by atoms with Gasteiger partial charge in [-0.3, -0.25) is 0 Å². The minimum absolute atomic E-state index is 0. The smallest absolute Gasteiger partial charge is 0.253 e. The van der Waals surface area contributed by atoms with E-state index in [1.807, 2.05) is 14.0 Å². The number of hydrogen-bond acceptors (Lipinski definition) is 3. The molecule has 52 heavy (non-hydrogen) atoms. The molecule has 1 atom stereocenters. The van der Waals surface area contributed by atoms with Gasteiger partial charge in [0.25, 0.3) is 11.6 Å². The molecular weight excluding hydrogens is 687 g/mol. The first kappa shape index (κ1) is 50.8. The molecule has 0 amide bonds. The number of imidazole rings is 2. The summed E-state index contributed by atoms with van der Waals surface area (Å²) < 4.78 is 9.58. The molecule has 0 fully saturated rings. The van der Waals surface area contributed by atoms with Gasteiger partial charge < -0.3 is 40.6 Å². The Morgan fingerprint density at radius 2 is 1.00 bits per heavy atom. The summed E-state index contributed by atoms with van der Waals surface area (Å²) in [5.41, 5.74) is 0. The number of aliphatic hydroxyl groups excluding tert-OH is 1. The van der Waals surface area contributed by atoms with Crippen LogP contribution < -0.4 is 44.6 Å². The van der Waals surface area contributed by atoms with Crippen LogP contribution in [0.1, 0.15) is 116 Å². The molecule has 2 rings (SSSR count). The van der Waals surface area contributed by atoms with E-state index in [9.17, 15) is 5.11 Å². The Balaban J connectivity index is 0. The van der Waals surface area contributed by atoms with Crippen molar-refractivity contribution in [3.8, 4) is 59.2 Å². The van der Waals surface area contributed by atoms with E-state index in [2.05, 4.69) is 127 Å². The molecule has 0 aliphatic rings. The van der Waals surface area contributed by atoms with Crippen LogP contribution >= 0.6 is 0 Å². The van der Waals surface area contributed by atoms with Gasteiger partial charge in [-0.2, -0.15) is 0 Å². The average molecular weight is 754 g/mol. The van der Waals surface area contributed by atoms with Crippen LogP contribution in [-0.4, -0.2) is 47.0 Å². The highest BCUT2D eigenvalue weighted by molar-refractivity contribution is 5.42. The molecule has 288 valence electrons. The fraction of sp³-hybridized carbons (Fsp3) is 0.628. The molecule has 2 aromatic rings. The van der Waals surface area contributed by atoms with Crippen LogP contribution in [0.5, 0.6) is 0 Å². The molecular formula is C43H66Cl2N6O. The number of rotatable bonds is 24.